The van der Waals surface area contributed by atoms with Gasteiger partial charge in [-0.15, -0.1) is 0 Å². The third kappa shape index (κ3) is 2.84. The number of β-amino-alcohol motifs (C(OH)–C–C–N with tert-alkyl or cyclic N) is 1. The van der Waals surface area contributed by atoms with Crippen molar-refractivity contribution in [2.24, 2.45) is 0 Å². The Morgan fingerprint density at radius 3 is 2.63 bits per heavy atom. The number of halogens is 2. The molecule has 2 rings (SSSR count). The van der Waals surface area contributed by atoms with Crippen LogP contribution in [-0.2, 0) is 10.0 Å². The Bertz CT molecular complexity index is 585. The van der Waals surface area contributed by atoms with Gasteiger partial charge in [0, 0.05) is 13.1 Å². The van der Waals surface area contributed by atoms with E-state index in [4.69, 9.17) is 0 Å². The molecule has 106 valence electrons. The van der Waals surface area contributed by atoms with Gasteiger partial charge >= 0.3 is 0 Å². The van der Waals surface area contributed by atoms with Crippen molar-refractivity contribution in [3.63, 3.8) is 0 Å². The second kappa shape index (κ2) is 5.12. The van der Waals surface area contributed by atoms with Gasteiger partial charge in [-0.1, -0.05) is 13.3 Å². The van der Waals surface area contributed by atoms with Crippen molar-refractivity contribution >= 4 is 26.0 Å². The molecule has 0 radical (unpaired) electrons. The summed E-state index contributed by atoms with van der Waals surface area (Å²) in [5, 5.41) is 10.0. The van der Waals surface area contributed by atoms with Gasteiger partial charge < -0.3 is 5.11 Å². The van der Waals surface area contributed by atoms with Crippen LogP contribution in [0.4, 0.5) is 4.39 Å². The molecule has 19 heavy (non-hydrogen) atoms. The quantitative estimate of drug-likeness (QED) is 0.903. The molecular formula is C12H15BrFNO3S. The second-order valence-electron chi connectivity index (χ2n) is 4.82. The van der Waals surface area contributed by atoms with E-state index in [2.05, 4.69) is 15.9 Å². The summed E-state index contributed by atoms with van der Waals surface area (Å²) >= 11 is 2.98. The van der Waals surface area contributed by atoms with Gasteiger partial charge in [0.1, 0.15) is 5.82 Å². The molecule has 0 bridgehead atoms. The van der Waals surface area contributed by atoms with Crippen molar-refractivity contribution in [2.45, 2.75) is 30.3 Å². The topological polar surface area (TPSA) is 57.6 Å². The van der Waals surface area contributed by atoms with Crippen LogP contribution in [0.1, 0.15) is 19.8 Å². The first-order chi connectivity index (χ1) is 8.78. The number of hydrogen-bond donors (Lipinski definition) is 1. The van der Waals surface area contributed by atoms with E-state index in [9.17, 15) is 17.9 Å². The lowest BCUT2D eigenvalue weighted by Gasteiger charge is -2.45. The Labute approximate surface area is 120 Å². The van der Waals surface area contributed by atoms with E-state index >= 15 is 0 Å². The Morgan fingerprint density at radius 2 is 2.11 bits per heavy atom. The largest absolute Gasteiger partial charge is 0.387 e. The van der Waals surface area contributed by atoms with Crippen LogP contribution in [0.3, 0.4) is 0 Å². The Hall–Kier alpha value is -0.500. The van der Waals surface area contributed by atoms with Gasteiger partial charge in [-0.3, -0.25) is 0 Å². The Balaban J connectivity index is 2.19. The second-order valence-corrected chi connectivity index (χ2v) is 7.62. The number of hydrogen-bond acceptors (Lipinski definition) is 3. The molecule has 7 heteroatoms. The van der Waals surface area contributed by atoms with E-state index in [0.29, 0.717) is 6.42 Å². The first-order valence-corrected chi connectivity index (χ1v) is 8.19. The molecule has 0 unspecified atom stereocenters. The molecule has 0 amide bonds. The van der Waals surface area contributed by atoms with Gasteiger partial charge in [-0.25, -0.2) is 12.8 Å². The van der Waals surface area contributed by atoms with E-state index < -0.39 is 21.4 Å². The van der Waals surface area contributed by atoms with Crippen LogP contribution >= 0.6 is 15.9 Å². The summed E-state index contributed by atoms with van der Waals surface area (Å²) in [5.41, 5.74) is -0.935. The molecule has 1 aromatic rings. The summed E-state index contributed by atoms with van der Waals surface area (Å²) in [6, 6.07) is 3.69. The highest BCUT2D eigenvalue weighted by Crippen LogP contribution is 2.32. The SMILES string of the molecule is CCCC1(O)CN(S(=O)(=O)c2ccc(Br)c(F)c2)C1. The highest BCUT2D eigenvalue weighted by Gasteiger charge is 2.46. The highest BCUT2D eigenvalue weighted by atomic mass is 79.9. The van der Waals surface area contributed by atoms with Crippen molar-refractivity contribution in [1.82, 2.24) is 4.31 Å². The van der Waals surface area contributed by atoms with Gasteiger partial charge in [-0.05, 0) is 40.5 Å². The Kier molecular flexibility index (Phi) is 4.02. The number of rotatable bonds is 4. The normalized spacial score (nSPS) is 19.2. The first-order valence-electron chi connectivity index (χ1n) is 5.96. The fourth-order valence-corrected chi connectivity index (χ4v) is 4.05. The standard InChI is InChI=1S/C12H15BrFNO3S/c1-2-5-12(16)7-15(8-12)19(17,18)9-3-4-10(13)11(14)6-9/h3-4,6,16H,2,5,7-8H2,1H3. The molecule has 4 nitrogen and oxygen atoms in total. The zero-order valence-electron chi connectivity index (χ0n) is 10.4. The summed E-state index contributed by atoms with van der Waals surface area (Å²) in [6.07, 6.45) is 1.35. The van der Waals surface area contributed by atoms with Gasteiger partial charge in [0.2, 0.25) is 10.0 Å². The monoisotopic (exact) mass is 351 g/mol. The van der Waals surface area contributed by atoms with E-state index in [0.717, 1.165) is 12.5 Å². The van der Waals surface area contributed by atoms with E-state index in [1.807, 2.05) is 6.92 Å². The summed E-state index contributed by atoms with van der Waals surface area (Å²) in [6.45, 7) is 2.07. The molecule has 0 spiro atoms. The van der Waals surface area contributed by atoms with Crippen LogP contribution in [0.25, 0.3) is 0 Å². The molecule has 1 N–H and O–H groups in total. The van der Waals surface area contributed by atoms with Crippen LogP contribution in [0.2, 0.25) is 0 Å². The lowest BCUT2D eigenvalue weighted by molar-refractivity contribution is -0.0653. The fourth-order valence-electron chi connectivity index (χ4n) is 2.19. The number of nitrogens with zero attached hydrogens (tertiary/aromatic N) is 1. The van der Waals surface area contributed by atoms with E-state index in [1.54, 1.807) is 0 Å². The summed E-state index contributed by atoms with van der Waals surface area (Å²) in [4.78, 5) is -0.0910. The number of sulfonamides is 1. The minimum absolute atomic E-state index is 0.0703. The van der Waals surface area contributed by atoms with E-state index in [-0.39, 0.29) is 22.5 Å². The van der Waals surface area contributed by atoms with E-state index in [1.165, 1.54) is 16.4 Å². The lowest BCUT2D eigenvalue weighted by Crippen LogP contribution is -2.63. The predicted octanol–water partition coefficient (Wildman–Crippen LogP) is 2.12. The van der Waals surface area contributed by atoms with Crippen LogP contribution in [-0.4, -0.2) is 36.5 Å². The average molecular weight is 352 g/mol. The van der Waals surface area contributed by atoms with Crippen molar-refractivity contribution in [2.75, 3.05) is 13.1 Å². The van der Waals surface area contributed by atoms with Gasteiger partial charge in [-0.2, -0.15) is 4.31 Å². The molecular weight excluding hydrogens is 337 g/mol. The van der Waals surface area contributed by atoms with Crippen molar-refractivity contribution < 1.29 is 17.9 Å². The van der Waals surface area contributed by atoms with Gasteiger partial charge in [0.15, 0.2) is 0 Å². The zero-order chi connectivity index (χ0) is 14.3. The van der Waals surface area contributed by atoms with Crippen LogP contribution < -0.4 is 0 Å². The minimum atomic E-state index is -3.72. The lowest BCUT2D eigenvalue weighted by atomic mass is 9.92. The third-order valence-corrected chi connectivity index (χ3v) is 5.62. The molecule has 0 saturated carbocycles. The zero-order valence-corrected chi connectivity index (χ0v) is 12.8. The molecule has 0 aromatic heterocycles. The summed E-state index contributed by atoms with van der Waals surface area (Å²) in [7, 11) is -3.72. The molecule has 1 aliphatic heterocycles. The molecule has 1 saturated heterocycles. The highest BCUT2D eigenvalue weighted by molar-refractivity contribution is 9.10. The van der Waals surface area contributed by atoms with Crippen LogP contribution in [0, 0.1) is 5.82 Å². The molecule has 1 heterocycles. The number of aliphatic hydroxyl groups is 1. The number of benzene rings is 1. The summed E-state index contributed by atoms with van der Waals surface area (Å²) in [5.74, 6) is -0.620. The molecule has 1 aromatic carbocycles. The minimum Gasteiger partial charge on any atom is -0.387 e. The van der Waals surface area contributed by atoms with Crippen LogP contribution in [0.5, 0.6) is 0 Å². The molecule has 1 aliphatic rings. The van der Waals surface area contributed by atoms with Gasteiger partial charge in [0.25, 0.3) is 0 Å². The average Bonchev–Trinajstić information content (AvgIpc) is 2.29. The molecule has 0 aliphatic carbocycles. The predicted molar refractivity (Wildman–Crippen MR) is 72.7 cm³/mol. The van der Waals surface area contributed by atoms with Gasteiger partial charge in [0.05, 0.1) is 15.0 Å². The van der Waals surface area contributed by atoms with Crippen molar-refractivity contribution in [3.05, 3.63) is 28.5 Å². The smallest absolute Gasteiger partial charge is 0.243 e. The maximum Gasteiger partial charge on any atom is 0.243 e. The molecule has 1 fully saturated rings. The maximum atomic E-state index is 13.4. The third-order valence-electron chi connectivity index (χ3n) is 3.19. The van der Waals surface area contributed by atoms with Crippen molar-refractivity contribution in [1.29, 1.82) is 0 Å². The maximum absolute atomic E-state index is 13.4. The molecule has 0 atom stereocenters. The summed E-state index contributed by atoms with van der Waals surface area (Å²) < 4.78 is 39.2. The van der Waals surface area contributed by atoms with Crippen molar-refractivity contribution in [3.8, 4) is 0 Å². The fraction of sp³-hybridized carbons (Fsp3) is 0.500. The first kappa shape index (κ1) is 14.9. The Morgan fingerprint density at radius 1 is 1.47 bits per heavy atom. The van der Waals surface area contributed by atoms with Crippen LogP contribution in [0.15, 0.2) is 27.6 Å².